The van der Waals surface area contributed by atoms with E-state index in [1.165, 1.54) is 8.99 Å². The van der Waals surface area contributed by atoms with Gasteiger partial charge in [0.25, 0.3) is 5.91 Å². The maximum Gasteiger partial charge on any atom is 0.253 e. The maximum atomic E-state index is 12.9. The first-order chi connectivity index (χ1) is 12.8. The van der Waals surface area contributed by atoms with Crippen LogP contribution in [0.4, 0.5) is 0 Å². The molecule has 8 nitrogen and oxygen atoms in total. The summed E-state index contributed by atoms with van der Waals surface area (Å²) in [4.78, 5) is 14.3. The van der Waals surface area contributed by atoms with Crippen LogP contribution in [0.1, 0.15) is 16.1 Å². The second-order valence-electron chi connectivity index (χ2n) is 6.25. The lowest BCUT2D eigenvalue weighted by Gasteiger charge is -2.34. The Kier molecular flexibility index (Phi) is 5.45. The molecule has 1 aliphatic rings. The molecule has 0 N–H and O–H groups in total. The van der Waals surface area contributed by atoms with Gasteiger partial charge in [0, 0.05) is 38.8 Å². The number of halogens is 1. The summed E-state index contributed by atoms with van der Waals surface area (Å²) in [7, 11) is -0.603. The van der Waals surface area contributed by atoms with Crippen LogP contribution in [0.15, 0.2) is 29.2 Å². The van der Waals surface area contributed by atoms with E-state index in [2.05, 4.69) is 5.10 Å². The van der Waals surface area contributed by atoms with Crippen LogP contribution in [0.5, 0.6) is 5.75 Å². The molecule has 1 aromatic carbocycles. The lowest BCUT2D eigenvalue weighted by Crippen LogP contribution is -2.50. The SMILES string of the molecule is COc1ccc(C(=O)N2CCN(S(=O)(=O)c3c(C)nn(C)c3Cl)CC2)cc1. The Morgan fingerprint density at radius 1 is 1.15 bits per heavy atom. The van der Waals surface area contributed by atoms with Crippen molar-refractivity contribution in [3.63, 3.8) is 0 Å². The molecule has 10 heteroatoms. The van der Waals surface area contributed by atoms with Crippen LogP contribution in [0.25, 0.3) is 0 Å². The largest absolute Gasteiger partial charge is 0.497 e. The first-order valence-corrected chi connectivity index (χ1v) is 10.2. The molecule has 1 fully saturated rings. The maximum absolute atomic E-state index is 12.9. The smallest absolute Gasteiger partial charge is 0.253 e. The third-order valence-electron chi connectivity index (χ3n) is 4.56. The van der Waals surface area contributed by atoms with E-state index in [1.54, 1.807) is 50.2 Å². The minimum atomic E-state index is -3.76. The molecule has 146 valence electrons. The molecule has 1 aromatic heterocycles. The van der Waals surface area contributed by atoms with E-state index < -0.39 is 10.0 Å². The van der Waals surface area contributed by atoms with Gasteiger partial charge in [-0.3, -0.25) is 9.48 Å². The number of hydrogen-bond acceptors (Lipinski definition) is 5. The van der Waals surface area contributed by atoms with Crippen LogP contribution in [0.3, 0.4) is 0 Å². The third-order valence-corrected chi connectivity index (χ3v) is 7.16. The number of methoxy groups -OCH3 is 1. The van der Waals surface area contributed by atoms with Crippen molar-refractivity contribution in [2.45, 2.75) is 11.8 Å². The lowest BCUT2D eigenvalue weighted by atomic mass is 10.2. The lowest BCUT2D eigenvalue weighted by molar-refractivity contribution is 0.0698. The van der Waals surface area contributed by atoms with Gasteiger partial charge >= 0.3 is 0 Å². The Bertz CT molecular complexity index is 948. The van der Waals surface area contributed by atoms with Gasteiger partial charge in [-0.05, 0) is 31.2 Å². The standard InChI is InChI=1S/C17H21ClN4O4S/c1-12-15(16(18)20(2)19-12)27(24,25)22-10-8-21(9-11-22)17(23)13-4-6-14(26-3)7-5-13/h4-7H,8-11H2,1-3H3. The molecular weight excluding hydrogens is 392 g/mol. The van der Waals surface area contributed by atoms with Crippen molar-refractivity contribution in [1.29, 1.82) is 0 Å². The summed E-state index contributed by atoms with van der Waals surface area (Å²) in [5, 5.41) is 4.16. The molecule has 0 spiro atoms. The highest BCUT2D eigenvalue weighted by atomic mass is 35.5. The molecule has 1 aliphatic heterocycles. The minimum Gasteiger partial charge on any atom is -0.497 e. The molecule has 0 aliphatic carbocycles. The fourth-order valence-electron chi connectivity index (χ4n) is 3.08. The summed E-state index contributed by atoms with van der Waals surface area (Å²) in [5.74, 6) is 0.538. The summed E-state index contributed by atoms with van der Waals surface area (Å²) in [6.45, 7) is 2.63. The van der Waals surface area contributed by atoms with Crippen LogP contribution >= 0.6 is 11.6 Å². The number of benzene rings is 1. The number of aryl methyl sites for hydroxylation is 2. The number of carbonyl (C=O) groups excluding carboxylic acids is 1. The highest BCUT2D eigenvalue weighted by molar-refractivity contribution is 7.89. The number of sulfonamides is 1. The summed E-state index contributed by atoms with van der Waals surface area (Å²) in [5.41, 5.74) is 0.900. The second-order valence-corrected chi connectivity index (χ2v) is 8.49. The molecule has 0 saturated carbocycles. The molecule has 0 unspecified atom stereocenters. The van der Waals surface area contributed by atoms with E-state index in [1.807, 2.05) is 0 Å². The van der Waals surface area contributed by atoms with Crippen LogP contribution in [0, 0.1) is 6.92 Å². The fourth-order valence-corrected chi connectivity index (χ4v) is 5.21. The molecule has 0 atom stereocenters. The zero-order valence-corrected chi connectivity index (χ0v) is 16.9. The third kappa shape index (κ3) is 3.67. The fraction of sp³-hybridized carbons (Fsp3) is 0.412. The van der Waals surface area contributed by atoms with E-state index in [4.69, 9.17) is 16.3 Å². The quantitative estimate of drug-likeness (QED) is 0.760. The zero-order chi connectivity index (χ0) is 19.8. The van der Waals surface area contributed by atoms with E-state index in [0.717, 1.165) is 0 Å². The number of hydrogen-bond donors (Lipinski definition) is 0. The Labute approximate surface area is 163 Å². The summed E-state index contributed by atoms with van der Waals surface area (Å²) in [6, 6.07) is 6.84. The van der Waals surface area contributed by atoms with Crippen LogP contribution in [-0.2, 0) is 17.1 Å². The van der Waals surface area contributed by atoms with Gasteiger partial charge < -0.3 is 9.64 Å². The number of nitrogens with zero attached hydrogens (tertiary/aromatic N) is 4. The van der Waals surface area contributed by atoms with Gasteiger partial charge in [-0.15, -0.1) is 0 Å². The normalized spacial score (nSPS) is 15.8. The molecule has 2 heterocycles. The van der Waals surface area contributed by atoms with Gasteiger partial charge in [0.1, 0.15) is 15.8 Å². The first kappa shape index (κ1) is 19.7. The number of ether oxygens (including phenoxy) is 1. The van der Waals surface area contributed by atoms with E-state index in [0.29, 0.717) is 30.1 Å². The van der Waals surface area contributed by atoms with Gasteiger partial charge in [0.2, 0.25) is 10.0 Å². The average Bonchev–Trinajstić information content (AvgIpc) is 2.93. The molecule has 27 heavy (non-hydrogen) atoms. The van der Waals surface area contributed by atoms with Crippen LogP contribution in [0.2, 0.25) is 5.15 Å². The minimum absolute atomic E-state index is 0.0293. The van der Waals surface area contributed by atoms with Crippen molar-refractivity contribution in [2.24, 2.45) is 7.05 Å². The summed E-state index contributed by atoms with van der Waals surface area (Å²) < 4.78 is 33.6. The van der Waals surface area contributed by atoms with E-state index in [9.17, 15) is 13.2 Å². The van der Waals surface area contributed by atoms with Crippen molar-refractivity contribution in [3.8, 4) is 5.75 Å². The molecule has 3 rings (SSSR count). The number of carbonyl (C=O) groups is 1. The molecule has 1 saturated heterocycles. The highest BCUT2D eigenvalue weighted by Gasteiger charge is 2.34. The van der Waals surface area contributed by atoms with Gasteiger partial charge in [-0.1, -0.05) is 11.6 Å². The Morgan fingerprint density at radius 2 is 1.74 bits per heavy atom. The van der Waals surface area contributed by atoms with Gasteiger partial charge in [0.15, 0.2) is 0 Å². The van der Waals surface area contributed by atoms with Crippen molar-refractivity contribution in [2.75, 3.05) is 33.3 Å². The first-order valence-electron chi connectivity index (χ1n) is 8.38. The van der Waals surface area contributed by atoms with Crippen molar-refractivity contribution in [1.82, 2.24) is 19.0 Å². The molecular formula is C17H21ClN4O4S. The van der Waals surface area contributed by atoms with Gasteiger partial charge in [0.05, 0.1) is 12.8 Å². The number of rotatable bonds is 4. The average molecular weight is 413 g/mol. The zero-order valence-electron chi connectivity index (χ0n) is 15.3. The number of amides is 1. The van der Waals surface area contributed by atoms with Gasteiger partial charge in [-0.25, -0.2) is 8.42 Å². The van der Waals surface area contributed by atoms with Crippen molar-refractivity contribution < 1.29 is 17.9 Å². The van der Waals surface area contributed by atoms with Crippen LogP contribution in [-0.4, -0.2) is 66.6 Å². The van der Waals surface area contributed by atoms with E-state index in [-0.39, 0.29) is 29.0 Å². The predicted molar refractivity (Wildman–Crippen MR) is 101 cm³/mol. The Hall–Kier alpha value is -2.10. The Morgan fingerprint density at radius 3 is 2.22 bits per heavy atom. The molecule has 0 radical (unpaired) electrons. The number of piperazine rings is 1. The predicted octanol–water partition coefficient (Wildman–Crippen LogP) is 1.54. The molecule has 0 bridgehead atoms. The van der Waals surface area contributed by atoms with Crippen LogP contribution < -0.4 is 4.74 Å². The molecule has 2 aromatic rings. The topological polar surface area (TPSA) is 84.7 Å². The van der Waals surface area contributed by atoms with Crippen molar-refractivity contribution in [3.05, 3.63) is 40.7 Å². The Balaban J connectivity index is 1.71. The number of aromatic nitrogens is 2. The summed E-state index contributed by atoms with van der Waals surface area (Å²) in [6.07, 6.45) is 0. The monoisotopic (exact) mass is 412 g/mol. The highest BCUT2D eigenvalue weighted by Crippen LogP contribution is 2.28. The summed E-state index contributed by atoms with van der Waals surface area (Å²) >= 11 is 6.12. The van der Waals surface area contributed by atoms with Crippen molar-refractivity contribution >= 4 is 27.5 Å². The second kappa shape index (κ2) is 7.49. The molecule has 1 amide bonds. The van der Waals surface area contributed by atoms with Gasteiger partial charge in [-0.2, -0.15) is 9.40 Å². The van der Waals surface area contributed by atoms with E-state index >= 15 is 0 Å².